The standard InChI is InChI=1S/C20H21N3O3/c1-12-4-3-5-16(17(12)20(26)21-2)23-19(25)14-8-10-15(11-9-14)22-18(24)13-6-7-13/h3-5,8-11,13H,6-7H2,1-2H3,(H,21,26)(H,22,24)(H,23,25). The molecule has 0 saturated heterocycles. The Kier molecular flexibility index (Phi) is 5.02. The summed E-state index contributed by atoms with van der Waals surface area (Å²) >= 11 is 0. The molecule has 0 radical (unpaired) electrons. The van der Waals surface area contributed by atoms with E-state index in [1.54, 1.807) is 43.4 Å². The van der Waals surface area contributed by atoms with Crippen LogP contribution in [-0.4, -0.2) is 24.8 Å². The minimum atomic E-state index is -0.319. The second-order valence-corrected chi connectivity index (χ2v) is 6.37. The highest BCUT2D eigenvalue weighted by atomic mass is 16.2. The van der Waals surface area contributed by atoms with Gasteiger partial charge in [0.05, 0.1) is 11.3 Å². The van der Waals surface area contributed by atoms with Crippen LogP contribution >= 0.6 is 0 Å². The fraction of sp³-hybridized carbons (Fsp3) is 0.250. The Morgan fingerprint density at radius 2 is 1.62 bits per heavy atom. The number of carbonyl (C=O) groups is 3. The summed E-state index contributed by atoms with van der Waals surface area (Å²) in [7, 11) is 1.55. The first kappa shape index (κ1) is 17.7. The molecule has 0 aromatic heterocycles. The molecule has 2 aromatic rings. The first-order chi connectivity index (χ1) is 12.5. The molecule has 1 saturated carbocycles. The predicted octanol–water partition coefficient (Wildman–Crippen LogP) is 2.96. The third-order valence-corrected chi connectivity index (χ3v) is 4.34. The van der Waals surface area contributed by atoms with E-state index in [0.29, 0.717) is 22.5 Å². The van der Waals surface area contributed by atoms with E-state index < -0.39 is 0 Å². The molecule has 1 aliphatic carbocycles. The molecule has 1 fully saturated rings. The molecule has 6 heteroatoms. The van der Waals surface area contributed by atoms with Crippen LogP contribution in [0.1, 0.15) is 39.1 Å². The van der Waals surface area contributed by atoms with Gasteiger partial charge in [-0.05, 0) is 55.7 Å². The molecular weight excluding hydrogens is 330 g/mol. The van der Waals surface area contributed by atoms with Gasteiger partial charge < -0.3 is 16.0 Å². The summed E-state index contributed by atoms with van der Waals surface area (Å²) in [4.78, 5) is 36.4. The van der Waals surface area contributed by atoms with E-state index in [1.165, 1.54) is 0 Å². The van der Waals surface area contributed by atoms with Crippen LogP contribution in [0.3, 0.4) is 0 Å². The molecule has 0 bridgehead atoms. The van der Waals surface area contributed by atoms with Crippen molar-refractivity contribution in [1.82, 2.24) is 5.32 Å². The maximum absolute atomic E-state index is 12.5. The Morgan fingerprint density at radius 3 is 2.23 bits per heavy atom. The minimum absolute atomic E-state index is 0.0252. The number of aryl methyl sites for hydroxylation is 1. The van der Waals surface area contributed by atoms with Gasteiger partial charge in [0.2, 0.25) is 5.91 Å². The second-order valence-electron chi connectivity index (χ2n) is 6.37. The van der Waals surface area contributed by atoms with Crippen molar-refractivity contribution in [3.05, 3.63) is 59.2 Å². The van der Waals surface area contributed by atoms with Gasteiger partial charge in [-0.2, -0.15) is 0 Å². The number of rotatable bonds is 5. The molecule has 6 nitrogen and oxygen atoms in total. The lowest BCUT2D eigenvalue weighted by Gasteiger charge is -2.13. The van der Waals surface area contributed by atoms with Gasteiger partial charge in [-0.3, -0.25) is 14.4 Å². The van der Waals surface area contributed by atoms with Crippen LogP contribution < -0.4 is 16.0 Å². The zero-order valence-corrected chi connectivity index (χ0v) is 14.8. The first-order valence-corrected chi connectivity index (χ1v) is 8.53. The van der Waals surface area contributed by atoms with Crippen molar-refractivity contribution < 1.29 is 14.4 Å². The Labute approximate surface area is 152 Å². The lowest BCUT2D eigenvalue weighted by atomic mass is 10.1. The van der Waals surface area contributed by atoms with Gasteiger partial charge in [-0.25, -0.2) is 0 Å². The summed E-state index contributed by atoms with van der Waals surface area (Å²) in [5.41, 5.74) is 2.79. The molecule has 134 valence electrons. The first-order valence-electron chi connectivity index (χ1n) is 8.53. The van der Waals surface area contributed by atoms with E-state index in [0.717, 1.165) is 18.4 Å². The van der Waals surface area contributed by atoms with Gasteiger partial charge in [0.15, 0.2) is 0 Å². The van der Waals surface area contributed by atoms with Gasteiger partial charge in [-0.1, -0.05) is 12.1 Å². The van der Waals surface area contributed by atoms with E-state index in [-0.39, 0.29) is 23.6 Å². The van der Waals surface area contributed by atoms with Crippen LogP contribution in [0, 0.1) is 12.8 Å². The fourth-order valence-corrected chi connectivity index (χ4v) is 2.69. The quantitative estimate of drug-likeness (QED) is 0.774. The Hall–Kier alpha value is -3.15. The van der Waals surface area contributed by atoms with Crippen molar-refractivity contribution in [3.63, 3.8) is 0 Å². The SMILES string of the molecule is CNC(=O)c1c(C)cccc1NC(=O)c1ccc(NC(=O)C2CC2)cc1. The van der Waals surface area contributed by atoms with Gasteiger partial charge in [-0.15, -0.1) is 0 Å². The highest BCUT2D eigenvalue weighted by molar-refractivity contribution is 6.09. The molecule has 0 heterocycles. The average Bonchev–Trinajstić information content (AvgIpc) is 3.47. The molecular formula is C20H21N3O3. The molecule has 0 aliphatic heterocycles. The summed E-state index contributed by atoms with van der Waals surface area (Å²) in [5, 5.41) is 8.20. The third-order valence-electron chi connectivity index (χ3n) is 4.34. The number of benzene rings is 2. The zero-order chi connectivity index (χ0) is 18.7. The van der Waals surface area contributed by atoms with Gasteiger partial charge in [0, 0.05) is 24.2 Å². The highest BCUT2D eigenvalue weighted by Crippen LogP contribution is 2.30. The van der Waals surface area contributed by atoms with Crippen molar-refractivity contribution in [2.45, 2.75) is 19.8 Å². The number of carbonyl (C=O) groups excluding carboxylic acids is 3. The minimum Gasteiger partial charge on any atom is -0.355 e. The molecule has 0 unspecified atom stereocenters. The Morgan fingerprint density at radius 1 is 0.923 bits per heavy atom. The van der Waals surface area contributed by atoms with Crippen molar-refractivity contribution in [1.29, 1.82) is 0 Å². The van der Waals surface area contributed by atoms with E-state index in [9.17, 15) is 14.4 Å². The summed E-state index contributed by atoms with van der Waals surface area (Å²) in [5.74, 6) is -0.419. The lowest BCUT2D eigenvalue weighted by molar-refractivity contribution is -0.117. The second kappa shape index (κ2) is 7.39. The molecule has 26 heavy (non-hydrogen) atoms. The average molecular weight is 351 g/mol. The maximum Gasteiger partial charge on any atom is 0.255 e. The maximum atomic E-state index is 12.5. The van der Waals surface area contributed by atoms with E-state index in [2.05, 4.69) is 16.0 Å². The van der Waals surface area contributed by atoms with E-state index >= 15 is 0 Å². The van der Waals surface area contributed by atoms with Crippen LogP contribution in [0.5, 0.6) is 0 Å². The third kappa shape index (κ3) is 3.91. The fourth-order valence-electron chi connectivity index (χ4n) is 2.69. The summed E-state index contributed by atoms with van der Waals surface area (Å²) in [6.07, 6.45) is 1.88. The number of hydrogen-bond donors (Lipinski definition) is 3. The Balaban J connectivity index is 1.73. The predicted molar refractivity (Wildman–Crippen MR) is 100 cm³/mol. The van der Waals surface area contributed by atoms with Crippen molar-refractivity contribution in [2.24, 2.45) is 5.92 Å². The van der Waals surface area contributed by atoms with E-state index in [4.69, 9.17) is 0 Å². The molecule has 0 atom stereocenters. The molecule has 1 aliphatic rings. The van der Waals surface area contributed by atoms with Gasteiger partial charge in [0.25, 0.3) is 11.8 Å². The summed E-state index contributed by atoms with van der Waals surface area (Å²) in [6.45, 7) is 1.82. The molecule has 0 spiro atoms. The van der Waals surface area contributed by atoms with Crippen LogP contribution in [-0.2, 0) is 4.79 Å². The molecule has 3 amide bonds. The molecule has 3 rings (SSSR count). The largest absolute Gasteiger partial charge is 0.355 e. The van der Waals surface area contributed by atoms with Gasteiger partial charge in [0.1, 0.15) is 0 Å². The summed E-state index contributed by atoms with van der Waals surface area (Å²) in [6, 6.07) is 12.0. The Bertz CT molecular complexity index is 855. The summed E-state index contributed by atoms with van der Waals surface area (Å²) < 4.78 is 0. The lowest BCUT2D eigenvalue weighted by Crippen LogP contribution is -2.22. The van der Waals surface area contributed by atoms with Crippen molar-refractivity contribution >= 4 is 29.1 Å². The normalized spacial score (nSPS) is 13.0. The van der Waals surface area contributed by atoms with Crippen molar-refractivity contribution in [3.8, 4) is 0 Å². The van der Waals surface area contributed by atoms with Crippen LogP contribution in [0.4, 0.5) is 11.4 Å². The van der Waals surface area contributed by atoms with Crippen LogP contribution in [0.25, 0.3) is 0 Å². The number of anilines is 2. The van der Waals surface area contributed by atoms with Crippen molar-refractivity contribution in [2.75, 3.05) is 17.7 Å². The zero-order valence-electron chi connectivity index (χ0n) is 14.8. The number of amides is 3. The van der Waals surface area contributed by atoms with Crippen LogP contribution in [0.15, 0.2) is 42.5 Å². The molecule has 2 aromatic carbocycles. The topological polar surface area (TPSA) is 87.3 Å². The highest BCUT2D eigenvalue weighted by Gasteiger charge is 2.29. The van der Waals surface area contributed by atoms with Gasteiger partial charge >= 0.3 is 0 Å². The van der Waals surface area contributed by atoms with E-state index in [1.807, 2.05) is 13.0 Å². The monoisotopic (exact) mass is 351 g/mol. The smallest absolute Gasteiger partial charge is 0.255 e. The van der Waals surface area contributed by atoms with Crippen LogP contribution in [0.2, 0.25) is 0 Å². The number of hydrogen-bond acceptors (Lipinski definition) is 3. The number of nitrogens with one attached hydrogen (secondary N) is 3. The molecule has 3 N–H and O–H groups in total.